The molecule has 0 N–H and O–H groups in total. The second-order valence-electron chi connectivity index (χ2n) is 3.51. The third-order valence-electron chi connectivity index (χ3n) is 2.35. The van der Waals surface area contributed by atoms with Crippen molar-refractivity contribution in [2.75, 3.05) is 0 Å². The molecule has 0 aliphatic heterocycles. The summed E-state index contributed by atoms with van der Waals surface area (Å²) in [5.74, 6) is -0.459. The summed E-state index contributed by atoms with van der Waals surface area (Å²) >= 11 is 6.54. The fraction of sp³-hybridized carbons (Fsp3) is 0.167. The van der Waals surface area contributed by atoms with E-state index in [1.165, 1.54) is 18.2 Å². The predicted octanol–water partition coefficient (Wildman–Crippen LogP) is 5.00. The van der Waals surface area contributed by atoms with Gasteiger partial charge >= 0.3 is 0 Å². The van der Waals surface area contributed by atoms with Crippen LogP contribution in [0.2, 0.25) is 0 Å². The first kappa shape index (κ1) is 12.8. The lowest BCUT2D eigenvalue weighted by Crippen LogP contribution is -2.00. The Morgan fingerprint density at radius 2 is 1.76 bits per heavy atom. The third kappa shape index (κ3) is 2.96. The van der Waals surface area contributed by atoms with Crippen molar-refractivity contribution < 1.29 is 13.2 Å². The van der Waals surface area contributed by atoms with Gasteiger partial charge in [-0.05, 0) is 46.6 Å². The van der Waals surface area contributed by atoms with Crippen molar-refractivity contribution in [2.45, 2.75) is 11.2 Å². The van der Waals surface area contributed by atoms with Gasteiger partial charge in [0.15, 0.2) is 4.67 Å². The van der Waals surface area contributed by atoms with Crippen LogP contribution in [-0.4, -0.2) is 0 Å². The van der Waals surface area contributed by atoms with Crippen LogP contribution in [0.25, 0.3) is 0 Å². The summed E-state index contributed by atoms with van der Waals surface area (Å²) in [7, 11) is 0. The van der Waals surface area contributed by atoms with Gasteiger partial charge in [0.1, 0.15) is 17.4 Å². The van der Waals surface area contributed by atoms with E-state index in [1.807, 2.05) is 0 Å². The standard InChI is InChI=1S/C12H8Br2F2O/c13-8(11-4-5-12(14)17-11)6-7-9(15)2-1-3-10(7)16/h1-5,8H,6H2. The Kier molecular flexibility index (Phi) is 3.99. The molecule has 17 heavy (non-hydrogen) atoms. The normalized spacial score (nSPS) is 12.7. The Morgan fingerprint density at radius 1 is 1.12 bits per heavy atom. The zero-order chi connectivity index (χ0) is 12.4. The van der Waals surface area contributed by atoms with Crippen molar-refractivity contribution in [1.29, 1.82) is 0 Å². The van der Waals surface area contributed by atoms with Crippen LogP contribution in [-0.2, 0) is 6.42 Å². The molecule has 0 bridgehead atoms. The summed E-state index contributed by atoms with van der Waals surface area (Å²) in [5, 5.41) is 0. The van der Waals surface area contributed by atoms with E-state index in [-0.39, 0.29) is 16.8 Å². The van der Waals surface area contributed by atoms with Crippen LogP contribution in [0.1, 0.15) is 16.2 Å². The van der Waals surface area contributed by atoms with E-state index in [0.717, 1.165) is 0 Å². The van der Waals surface area contributed by atoms with Gasteiger partial charge in [-0.3, -0.25) is 0 Å². The van der Waals surface area contributed by atoms with Crippen molar-refractivity contribution in [3.63, 3.8) is 0 Å². The predicted molar refractivity (Wildman–Crippen MR) is 68.1 cm³/mol. The Balaban J connectivity index is 2.21. The highest BCUT2D eigenvalue weighted by Gasteiger charge is 2.17. The number of hydrogen-bond donors (Lipinski definition) is 0. The summed E-state index contributed by atoms with van der Waals surface area (Å²) in [6.45, 7) is 0. The largest absolute Gasteiger partial charge is 0.453 e. The Morgan fingerprint density at radius 3 is 2.29 bits per heavy atom. The van der Waals surface area contributed by atoms with E-state index in [0.29, 0.717) is 10.4 Å². The molecule has 0 saturated carbocycles. The molecule has 5 heteroatoms. The van der Waals surface area contributed by atoms with Crippen molar-refractivity contribution >= 4 is 31.9 Å². The first-order chi connectivity index (χ1) is 8.08. The van der Waals surface area contributed by atoms with E-state index in [4.69, 9.17) is 4.42 Å². The summed E-state index contributed by atoms with van der Waals surface area (Å²) < 4.78 is 32.8. The van der Waals surface area contributed by atoms with Crippen molar-refractivity contribution in [1.82, 2.24) is 0 Å². The van der Waals surface area contributed by atoms with Gasteiger partial charge < -0.3 is 4.42 Å². The van der Waals surface area contributed by atoms with Gasteiger partial charge in [0.05, 0.1) is 4.83 Å². The van der Waals surface area contributed by atoms with Crippen LogP contribution in [0.4, 0.5) is 8.78 Å². The quantitative estimate of drug-likeness (QED) is 0.697. The molecule has 1 heterocycles. The average Bonchev–Trinajstić information content (AvgIpc) is 2.70. The van der Waals surface area contributed by atoms with Gasteiger partial charge in [0.25, 0.3) is 0 Å². The Hall–Kier alpha value is -0.680. The fourth-order valence-corrected chi connectivity index (χ4v) is 2.39. The smallest absolute Gasteiger partial charge is 0.169 e. The Bertz CT molecular complexity index is 505. The minimum absolute atomic E-state index is 0.0573. The van der Waals surface area contributed by atoms with Gasteiger partial charge in [0.2, 0.25) is 0 Å². The van der Waals surface area contributed by atoms with Crippen LogP contribution < -0.4 is 0 Å². The number of hydrogen-bond acceptors (Lipinski definition) is 1. The van der Waals surface area contributed by atoms with Crippen molar-refractivity contribution in [3.05, 3.63) is 58.0 Å². The van der Waals surface area contributed by atoms with E-state index >= 15 is 0 Å². The summed E-state index contributed by atoms with van der Waals surface area (Å²) in [6.07, 6.45) is 0.193. The summed E-state index contributed by atoms with van der Waals surface area (Å²) in [4.78, 5) is -0.264. The van der Waals surface area contributed by atoms with Gasteiger partial charge in [-0.2, -0.15) is 0 Å². The minimum atomic E-state index is -0.542. The van der Waals surface area contributed by atoms with E-state index in [2.05, 4.69) is 31.9 Å². The molecule has 90 valence electrons. The molecule has 0 amide bonds. The van der Waals surface area contributed by atoms with Crippen LogP contribution >= 0.6 is 31.9 Å². The molecule has 1 atom stereocenters. The van der Waals surface area contributed by atoms with Gasteiger partial charge in [0, 0.05) is 5.56 Å². The molecule has 1 aromatic heterocycles. The second kappa shape index (κ2) is 5.31. The maximum atomic E-state index is 13.4. The first-order valence-electron chi connectivity index (χ1n) is 4.90. The van der Waals surface area contributed by atoms with E-state index < -0.39 is 11.6 Å². The lowest BCUT2D eigenvalue weighted by Gasteiger charge is -2.08. The fourth-order valence-electron chi connectivity index (χ4n) is 1.50. The van der Waals surface area contributed by atoms with Crippen molar-refractivity contribution in [3.8, 4) is 0 Å². The molecule has 0 fully saturated rings. The number of furan rings is 1. The summed E-state index contributed by atoms with van der Waals surface area (Å²) in [5.41, 5.74) is 0.0573. The van der Waals surface area contributed by atoms with Crippen LogP contribution in [0.5, 0.6) is 0 Å². The molecule has 0 radical (unpaired) electrons. The monoisotopic (exact) mass is 364 g/mol. The lowest BCUT2D eigenvalue weighted by molar-refractivity contribution is 0.479. The number of alkyl halides is 1. The minimum Gasteiger partial charge on any atom is -0.453 e. The zero-order valence-electron chi connectivity index (χ0n) is 8.59. The molecular weight excluding hydrogens is 358 g/mol. The summed E-state index contributed by atoms with van der Waals surface area (Å²) in [6, 6.07) is 7.33. The molecule has 0 saturated heterocycles. The number of rotatable bonds is 3. The third-order valence-corrected chi connectivity index (χ3v) is 3.55. The highest BCUT2D eigenvalue weighted by molar-refractivity contribution is 9.10. The molecule has 2 aromatic rings. The maximum absolute atomic E-state index is 13.4. The Labute approximate surface area is 114 Å². The number of benzene rings is 1. The van der Waals surface area contributed by atoms with Crippen LogP contribution in [0.3, 0.4) is 0 Å². The van der Waals surface area contributed by atoms with Gasteiger partial charge in [-0.25, -0.2) is 8.78 Å². The van der Waals surface area contributed by atoms with Gasteiger partial charge in [-0.1, -0.05) is 22.0 Å². The number of halogens is 4. The average molecular weight is 366 g/mol. The van der Waals surface area contributed by atoms with E-state index in [1.54, 1.807) is 12.1 Å². The molecule has 0 aliphatic rings. The van der Waals surface area contributed by atoms with Gasteiger partial charge in [-0.15, -0.1) is 0 Å². The molecule has 0 spiro atoms. The maximum Gasteiger partial charge on any atom is 0.169 e. The van der Waals surface area contributed by atoms with E-state index in [9.17, 15) is 8.78 Å². The molecule has 1 unspecified atom stereocenters. The SMILES string of the molecule is Fc1cccc(F)c1CC(Br)c1ccc(Br)o1. The second-order valence-corrected chi connectivity index (χ2v) is 5.40. The molecule has 1 aromatic carbocycles. The van der Waals surface area contributed by atoms with Crippen LogP contribution in [0, 0.1) is 11.6 Å². The molecule has 0 aliphatic carbocycles. The van der Waals surface area contributed by atoms with Crippen molar-refractivity contribution in [2.24, 2.45) is 0 Å². The highest BCUT2D eigenvalue weighted by atomic mass is 79.9. The molecular formula is C12H8Br2F2O. The highest BCUT2D eigenvalue weighted by Crippen LogP contribution is 2.31. The molecule has 2 rings (SSSR count). The first-order valence-corrected chi connectivity index (χ1v) is 6.61. The molecule has 1 nitrogen and oxygen atoms in total. The topological polar surface area (TPSA) is 13.1 Å². The lowest BCUT2D eigenvalue weighted by atomic mass is 10.1. The zero-order valence-corrected chi connectivity index (χ0v) is 11.8. The van der Waals surface area contributed by atoms with Crippen LogP contribution in [0.15, 0.2) is 39.4 Å².